The minimum Gasteiger partial charge on any atom is -0.508 e. The first-order valence-electron chi connectivity index (χ1n) is 10.2. The summed E-state index contributed by atoms with van der Waals surface area (Å²) in [6.07, 6.45) is -7.29. The van der Waals surface area contributed by atoms with Gasteiger partial charge in [-0.1, -0.05) is 15.9 Å². The molecule has 0 aliphatic carbocycles. The van der Waals surface area contributed by atoms with Gasteiger partial charge in [0.05, 0.1) is 6.10 Å². The number of hydrogen-bond donors (Lipinski definition) is 3. The SMILES string of the molecule is O=C(O)C(F)(F)F.O=C(O)C(F)(F)F.Oc1ccc(Br)cc1CN1CCN(CC2CCCO2)CC1. The molecule has 0 radical (unpaired) electrons. The second-order valence-electron chi connectivity index (χ2n) is 7.59. The molecule has 0 spiro atoms. The smallest absolute Gasteiger partial charge is 0.490 e. The van der Waals surface area contributed by atoms with E-state index < -0.39 is 24.3 Å². The molecule has 3 rings (SSSR count). The minimum absolute atomic E-state index is 0.389. The van der Waals surface area contributed by atoms with Gasteiger partial charge in [0, 0.05) is 55.9 Å². The van der Waals surface area contributed by atoms with Crippen LogP contribution in [0.2, 0.25) is 0 Å². The second kappa shape index (κ2) is 13.8. The number of rotatable bonds is 4. The summed E-state index contributed by atoms with van der Waals surface area (Å²) < 4.78 is 70.2. The third-order valence-electron chi connectivity index (χ3n) is 4.87. The zero-order valence-electron chi connectivity index (χ0n) is 18.3. The largest absolute Gasteiger partial charge is 0.508 e. The summed E-state index contributed by atoms with van der Waals surface area (Å²) in [5, 5.41) is 24.2. The van der Waals surface area contributed by atoms with Crippen LogP contribution < -0.4 is 0 Å². The van der Waals surface area contributed by atoms with Crippen LogP contribution in [0.25, 0.3) is 0 Å². The molecule has 2 aliphatic rings. The molecule has 2 aliphatic heterocycles. The van der Waals surface area contributed by atoms with Gasteiger partial charge >= 0.3 is 24.3 Å². The van der Waals surface area contributed by atoms with Crippen molar-refractivity contribution in [1.29, 1.82) is 0 Å². The lowest BCUT2D eigenvalue weighted by Crippen LogP contribution is -2.48. The Bertz CT molecular complexity index is 801. The van der Waals surface area contributed by atoms with E-state index in [1.807, 2.05) is 12.1 Å². The summed E-state index contributed by atoms with van der Waals surface area (Å²) in [6.45, 7) is 7.13. The molecule has 8 nitrogen and oxygen atoms in total. The number of alkyl halides is 6. The monoisotopic (exact) mass is 582 g/mol. The number of carboxylic acids is 2. The summed E-state index contributed by atoms with van der Waals surface area (Å²) >= 11 is 3.47. The Labute approximate surface area is 205 Å². The number of benzene rings is 1. The first-order chi connectivity index (χ1) is 16.1. The average molecular weight is 583 g/mol. The molecule has 3 N–H and O–H groups in total. The number of halogens is 7. The van der Waals surface area contributed by atoms with E-state index in [1.165, 1.54) is 12.8 Å². The fourth-order valence-corrected chi connectivity index (χ4v) is 3.54. The third-order valence-corrected chi connectivity index (χ3v) is 5.36. The van der Waals surface area contributed by atoms with Crippen molar-refractivity contribution in [2.75, 3.05) is 39.3 Å². The van der Waals surface area contributed by atoms with Crippen molar-refractivity contribution in [1.82, 2.24) is 9.80 Å². The summed E-state index contributed by atoms with van der Waals surface area (Å²) in [5.41, 5.74) is 0.997. The molecule has 0 bridgehead atoms. The van der Waals surface area contributed by atoms with E-state index in [4.69, 9.17) is 24.5 Å². The van der Waals surface area contributed by atoms with Crippen LogP contribution in [0.5, 0.6) is 5.75 Å². The Morgan fingerprint density at radius 3 is 1.89 bits per heavy atom. The van der Waals surface area contributed by atoms with Crippen LogP contribution in [0.4, 0.5) is 26.3 Å². The van der Waals surface area contributed by atoms with Crippen molar-refractivity contribution in [2.24, 2.45) is 0 Å². The van der Waals surface area contributed by atoms with Crippen LogP contribution in [0.3, 0.4) is 0 Å². The Hall–Kier alpha value is -2.10. The predicted molar refractivity (Wildman–Crippen MR) is 114 cm³/mol. The Kier molecular flexibility index (Phi) is 12.2. The summed E-state index contributed by atoms with van der Waals surface area (Å²) in [6, 6.07) is 5.64. The normalized spacial score (nSPS) is 19.2. The van der Waals surface area contributed by atoms with Crippen LogP contribution in [-0.2, 0) is 20.9 Å². The fraction of sp³-hybridized carbons (Fsp3) is 0.600. The van der Waals surface area contributed by atoms with E-state index in [0.29, 0.717) is 11.9 Å². The van der Waals surface area contributed by atoms with E-state index in [2.05, 4.69) is 25.7 Å². The fourth-order valence-electron chi connectivity index (χ4n) is 3.13. The number of nitrogens with zero attached hydrogens (tertiary/aromatic N) is 2. The zero-order valence-corrected chi connectivity index (χ0v) is 19.9. The molecule has 1 unspecified atom stereocenters. The van der Waals surface area contributed by atoms with Gasteiger partial charge in [-0.25, -0.2) is 9.59 Å². The van der Waals surface area contributed by atoms with Crippen LogP contribution in [0.15, 0.2) is 22.7 Å². The summed E-state index contributed by atoms with van der Waals surface area (Å²) in [7, 11) is 0. The molecule has 1 atom stereocenters. The zero-order chi connectivity index (χ0) is 26.8. The van der Waals surface area contributed by atoms with Gasteiger partial charge in [0.2, 0.25) is 0 Å². The number of piperazine rings is 1. The summed E-state index contributed by atoms with van der Waals surface area (Å²) in [5.74, 6) is -5.13. The van der Waals surface area contributed by atoms with Crippen molar-refractivity contribution in [2.45, 2.75) is 37.8 Å². The number of carbonyl (C=O) groups is 2. The van der Waals surface area contributed by atoms with Crippen LogP contribution >= 0.6 is 15.9 Å². The van der Waals surface area contributed by atoms with Crippen molar-refractivity contribution < 1.29 is 56.0 Å². The summed E-state index contributed by atoms with van der Waals surface area (Å²) in [4.78, 5) is 22.7. The third kappa shape index (κ3) is 12.4. The van der Waals surface area contributed by atoms with Gasteiger partial charge in [0.1, 0.15) is 5.75 Å². The highest BCUT2D eigenvalue weighted by atomic mass is 79.9. The van der Waals surface area contributed by atoms with Gasteiger partial charge in [0.25, 0.3) is 0 Å². The van der Waals surface area contributed by atoms with Gasteiger partial charge in [0.15, 0.2) is 0 Å². The lowest BCUT2D eigenvalue weighted by molar-refractivity contribution is -0.193. The van der Waals surface area contributed by atoms with E-state index in [9.17, 15) is 31.4 Å². The Morgan fingerprint density at radius 1 is 0.971 bits per heavy atom. The molecule has 35 heavy (non-hydrogen) atoms. The first kappa shape index (κ1) is 30.9. The maximum absolute atomic E-state index is 10.6. The van der Waals surface area contributed by atoms with Crippen molar-refractivity contribution >= 4 is 27.9 Å². The van der Waals surface area contributed by atoms with E-state index >= 15 is 0 Å². The quantitative estimate of drug-likeness (QED) is 0.461. The van der Waals surface area contributed by atoms with Crippen molar-refractivity contribution in [3.8, 4) is 5.75 Å². The highest BCUT2D eigenvalue weighted by molar-refractivity contribution is 9.10. The number of carboxylic acid groups (broad SMARTS) is 2. The molecule has 15 heteroatoms. The molecule has 200 valence electrons. The average Bonchev–Trinajstić information content (AvgIpc) is 3.25. The van der Waals surface area contributed by atoms with Crippen LogP contribution in [0, 0.1) is 0 Å². The first-order valence-corrected chi connectivity index (χ1v) is 11.0. The van der Waals surface area contributed by atoms with Gasteiger partial charge in [-0.3, -0.25) is 9.80 Å². The Morgan fingerprint density at radius 2 is 1.46 bits per heavy atom. The molecule has 1 aromatic carbocycles. The molecule has 2 saturated heterocycles. The highest BCUT2D eigenvalue weighted by Gasteiger charge is 2.38. The van der Waals surface area contributed by atoms with Crippen molar-refractivity contribution in [3.63, 3.8) is 0 Å². The molecule has 2 fully saturated rings. The lowest BCUT2D eigenvalue weighted by Gasteiger charge is -2.35. The van der Waals surface area contributed by atoms with E-state index in [-0.39, 0.29) is 0 Å². The topological polar surface area (TPSA) is 111 Å². The Balaban J connectivity index is 0.000000362. The number of aromatic hydroxyl groups is 1. The van der Waals surface area contributed by atoms with Gasteiger partial charge in [-0.05, 0) is 31.0 Å². The van der Waals surface area contributed by atoms with Gasteiger partial charge in [-0.15, -0.1) is 0 Å². The maximum atomic E-state index is 10.6. The number of ether oxygens (including phenoxy) is 1. The number of aliphatic carboxylic acids is 2. The molecule has 0 amide bonds. The predicted octanol–water partition coefficient (Wildman–Crippen LogP) is 3.72. The maximum Gasteiger partial charge on any atom is 0.490 e. The van der Waals surface area contributed by atoms with Crippen LogP contribution in [-0.4, -0.2) is 94.8 Å². The molecular formula is C20H25BrF6N2O6. The number of phenols is 1. The molecule has 0 saturated carbocycles. The van der Waals surface area contributed by atoms with Gasteiger partial charge in [-0.2, -0.15) is 26.3 Å². The minimum atomic E-state index is -5.08. The molecule has 1 aromatic rings. The molecule has 0 aromatic heterocycles. The van der Waals surface area contributed by atoms with Gasteiger partial charge < -0.3 is 20.1 Å². The standard InChI is InChI=1S/C16H23BrN2O2.2C2HF3O2/c17-14-3-4-16(20)13(10-14)11-18-5-7-19(8-6-18)12-15-2-1-9-21-15;2*3-2(4,5)1(6)7/h3-4,10,15,20H,1-2,5-9,11-12H2;2*(H,6,7). The molecular weight excluding hydrogens is 558 g/mol. The lowest BCUT2D eigenvalue weighted by atomic mass is 10.1. The van der Waals surface area contributed by atoms with Crippen molar-refractivity contribution in [3.05, 3.63) is 28.2 Å². The highest BCUT2D eigenvalue weighted by Crippen LogP contribution is 2.24. The molecule has 2 heterocycles. The number of hydrogen-bond acceptors (Lipinski definition) is 6. The van der Waals surface area contributed by atoms with E-state index in [0.717, 1.165) is 55.9 Å². The number of phenolic OH excluding ortho intramolecular Hbond substituents is 1. The van der Waals surface area contributed by atoms with Crippen LogP contribution in [0.1, 0.15) is 18.4 Å². The van der Waals surface area contributed by atoms with E-state index in [1.54, 1.807) is 6.07 Å². The second-order valence-corrected chi connectivity index (χ2v) is 8.51.